The van der Waals surface area contributed by atoms with Gasteiger partial charge in [0.05, 0.1) is 0 Å². The Morgan fingerprint density at radius 1 is 1.22 bits per heavy atom. The molecule has 18 heavy (non-hydrogen) atoms. The molecule has 5 heteroatoms. The second kappa shape index (κ2) is 6.03. The van der Waals surface area contributed by atoms with Gasteiger partial charge in [-0.15, -0.1) is 0 Å². The number of benzene rings is 1. The maximum atomic E-state index is 12.0. The molecule has 4 nitrogen and oxygen atoms in total. The molecule has 0 aliphatic heterocycles. The summed E-state index contributed by atoms with van der Waals surface area (Å²) in [5.74, 6) is -0.746. The number of aromatic nitrogens is 1. The topological polar surface area (TPSA) is 59.3 Å². The molecule has 96 valence electrons. The van der Waals surface area contributed by atoms with Crippen molar-refractivity contribution in [3.63, 3.8) is 0 Å². The van der Waals surface area contributed by atoms with Crippen LogP contribution >= 0.6 is 0 Å². The third-order valence-corrected chi connectivity index (χ3v) is 5.16. The molecular formula is C13H15NO3Se. The van der Waals surface area contributed by atoms with Gasteiger partial charge in [-0.25, -0.2) is 0 Å². The number of carbonyl (C=O) groups is 1. The van der Waals surface area contributed by atoms with Crippen LogP contribution in [-0.4, -0.2) is 29.4 Å². The van der Waals surface area contributed by atoms with E-state index < -0.39 is 5.97 Å². The molecule has 0 spiro atoms. The van der Waals surface area contributed by atoms with Crippen molar-refractivity contribution in [1.82, 2.24) is 3.56 Å². The third kappa shape index (κ3) is 3.12. The van der Waals surface area contributed by atoms with Crippen LogP contribution in [0.4, 0.5) is 0 Å². The number of carboxylic acids is 1. The van der Waals surface area contributed by atoms with Crippen molar-refractivity contribution in [2.75, 3.05) is 0 Å². The first-order valence-corrected chi connectivity index (χ1v) is 7.61. The summed E-state index contributed by atoms with van der Waals surface area (Å²) in [6, 6.07) is 7.74. The van der Waals surface area contributed by atoms with Crippen molar-refractivity contribution in [1.29, 1.82) is 0 Å². The Labute approximate surface area is 111 Å². The molecule has 0 saturated heterocycles. The number of nitrogens with zero attached hydrogens (tertiary/aromatic N) is 1. The minimum absolute atomic E-state index is 0.0977. The van der Waals surface area contributed by atoms with E-state index in [4.69, 9.17) is 5.11 Å². The number of fused-ring (bicyclic) bond motifs is 1. The van der Waals surface area contributed by atoms with Crippen molar-refractivity contribution in [3.8, 4) is 0 Å². The third-order valence-electron chi connectivity index (χ3n) is 2.80. The predicted molar refractivity (Wildman–Crippen MR) is 71.3 cm³/mol. The quantitative estimate of drug-likeness (QED) is 0.652. The van der Waals surface area contributed by atoms with Crippen LogP contribution in [0, 0.1) is 0 Å². The molecule has 0 unspecified atom stereocenters. The van der Waals surface area contributed by atoms with E-state index in [1.165, 1.54) is 0 Å². The van der Waals surface area contributed by atoms with E-state index in [2.05, 4.69) is 0 Å². The summed E-state index contributed by atoms with van der Waals surface area (Å²) in [7, 11) is 0. The van der Waals surface area contributed by atoms with Crippen molar-refractivity contribution >= 4 is 30.3 Å². The summed E-state index contributed by atoms with van der Waals surface area (Å²) in [6.07, 6.45) is 2.66. The summed E-state index contributed by atoms with van der Waals surface area (Å²) >= 11 is 0.0977. The van der Waals surface area contributed by atoms with Crippen LogP contribution in [-0.2, 0) is 11.3 Å². The molecule has 1 aromatic heterocycles. The van der Waals surface area contributed by atoms with E-state index in [1.807, 2.05) is 27.8 Å². The summed E-state index contributed by atoms with van der Waals surface area (Å²) < 4.78 is 3.05. The van der Waals surface area contributed by atoms with Crippen LogP contribution in [0.15, 0.2) is 29.1 Å². The fourth-order valence-electron chi connectivity index (χ4n) is 1.87. The first kappa shape index (κ1) is 13.1. The van der Waals surface area contributed by atoms with Gasteiger partial charge in [-0.1, -0.05) is 0 Å². The number of aliphatic carboxylic acids is 1. The first-order chi connectivity index (χ1) is 8.68. The Balaban J connectivity index is 1.94. The van der Waals surface area contributed by atoms with Crippen LogP contribution in [0.3, 0.4) is 0 Å². The monoisotopic (exact) mass is 313 g/mol. The molecule has 1 N–H and O–H groups in total. The van der Waals surface area contributed by atoms with E-state index >= 15 is 0 Å². The molecule has 0 atom stereocenters. The van der Waals surface area contributed by atoms with E-state index in [0.717, 1.165) is 29.0 Å². The standard InChI is InChI=1S/C13H15NO3Se/c15-12(16)8-2-1-5-9-14-13(17)10-6-3-4-7-11(10)18-14/h3-4,6-7H,1-2,5,8-9H2,(H,15,16). The van der Waals surface area contributed by atoms with Crippen molar-refractivity contribution in [2.24, 2.45) is 0 Å². The van der Waals surface area contributed by atoms with Crippen LogP contribution in [0.25, 0.3) is 9.65 Å². The SMILES string of the molecule is O=C(O)CCCCCn1[se]c2ccccc2c1=O. The maximum absolute atomic E-state index is 12.0. The molecule has 0 aliphatic rings. The van der Waals surface area contributed by atoms with E-state index in [1.54, 1.807) is 0 Å². The fourth-order valence-corrected chi connectivity index (χ4v) is 4.04. The molecule has 0 aliphatic carbocycles. The molecule has 0 amide bonds. The number of hydrogen-bond acceptors (Lipinski definition) is 2. The van der Waals surface area contributed by atoms with Gasteiger partial charge in [0.1, 0.15) is 0 Å². The molecule has 1 heterocycles. The minimum atomic E-state index is -0.746. The second-order valence-electron chi connectivity index (χ2n) is 4.20. The van der Waals surface area contributed by atoms with Gasteiger partial charge in [0, 0.05) is 0 Å². The number of carboxylic acid groups (broad SMARTS) is 1. The van der Waals surface area contributed by atoms with Crippen LogP contribution in [0.1, 0.15) is 25.7 Å². The molecule has 2 aromatic rings. The second-order valence-corrected chi connectivity index (χ2v) is 6.43. The van der Waals surface area contributed by atoms with E-state index in [0.29, 0.717) is 6.42 Å². The fraction of sp³-hybridized carbons (Fsp3) is 0.385. The van der Waals surface area contributed by atoms with Gasteiger partial charge in [0.15, 0.2) is 0 Å². The average Bonchev–Trinajstić information content (AvgIpc) is 2.66. The number of hydrogen-bond donors (Lipinski definition) is 1. The van der Waals surface area contributed by atoms with Gasteiger partial charge >= 0.3 is 111 Å². The Hall–Kier alpha value is -1.32. The molecule has 0 bridgehead atoms. The van der Waals surface area contributed by atoms with E-state index in [9.17, 15) is 9.59 Å². The zero-order valence-corrected chi connectivity index (χ0v) is 11.7. The van der Waals surface area contributed by atoms with Crippen molar-refractivity contribution in [3.05, 3.63) is 34.6 Å². The molecule has 0 saturated carbocycles. The molecule has 1 aromatic carbocycles. The van der Waals surface area contributed by atoms with E-state index in [-0.39, 0.29) is 26.7 Å². The number of unbranched alkanes of at least 4 members (excludes halogenated alkanes) is 2. The molecular weight excluding hydrogens is 297 g/mol. The zero-order valence-electron chi connectivity index (χ0n) is 9.96. The Morgan fingerprint density at radius 2 is 2.00 bits per heavy atom. The summed E-state index contributed by atoms with van der Waals surface area (Å²) in [5.41, 5.74) is 0.129. The van der Waals surface area contributed by atoms with Crippen molar-refractivity contribution < 1.29 is 9.90 Å². The molecule has 2 rings (SSSR count). The normalized spacial score (nSPS) is 10.9. The number of aryl methyl sites for hydroxylation is 1. The molecule has 0 fully saturated rings. The molecule has 0 radical (unpaired) electrons. The van der Waals surface area contributed by atoms with Gasteiger partial charge < -0.3 is 0 Å². The van der Waals surface area contributed by atoms with Gasteiger partial charge in [-0.3, -0.25) is 0 Å². The van der Waals surface area contributed by atoms with Crippen LogP contribution in [0.5, 0.6) is 0 Å². The zero-order chi connectivity index (χ0) is 13.0. The average molecular weight is 312 g/mol. The van der Waals surface area contributed by atoms with Crippen LogP contribution in [0.2, 0.25) is 0 Å². The summed E-state index contributed by atoms with van der Waals surface area (Å²) in [5, 5.41) is 9.36. The van der Waals surface area contributed by atoms with Gasteiger partial charge in [-0.2, -0.15) is 0 Å². The summed E-state index contributed by atoms with van der Waals surface area (Å²) in [4.78, 5) is 22.4. The Kier molecular flexibility index (Phi) is 4.39. The Bertz CT molecular complexity index is 600. The van der Waals surface area contributed by atoms with Crippen LogP contribution < -0.4 is 5.56 Å². The predicted octanol–water partition coefficient (Wildman–Crippen LogP) is 1.70. The van der Waals surface area contributed by atoms with Gasteiger partial charge in [0.2, 0.25) is 0 Å². The van der Waals surface area contributed by atoms with Gasteiger partial charge in [-0.05, 0) is 0 Å². The Morgan fingerprint density at radius 3 is 2.72 bits per heavy atom. The first-order valence-electron chi connectivity index (χ1n) is 5.99. The van der Waals surface area contributed by atoms with Gasteiger partial charge in [0.25, 0.3) is 0 Å². The summed E-state index contributed by atoms with van der Waals surface area (Å²) in [6.45, 7) is 0.743. The number of rotatable bonds is 6. The van der Waals surface area contributed by atoms with Crippen molar-refractivity contribution in [2.45, 2.75) is 32.2 Å².